The van der Waals surface area contributed by atoms with Crippen LogP contribution in [0.4, 0.5) is 0 Å². The molecule has 0 saturated carbocycles. The average molecular weight is 539 g/mol. The minimum Gasteiger partial charge on any atom is -0.497 e. The fraction of sp³-hybridized carbons (Fsp3) is 0.0556. The Morgan fingerprint density at radius 3 is 1.24 bits per heavy atom. The average Bonchev–Trinajstić information content (AvgIpc) is 3.05. The molecule has 0 bridgehead atoms. The molecule has 0 unspecified atom stereocenters. The van der Waals surface area contributed by atoms with Crippen molar-refractivity contribution < 1.29 is 23.7 Å². The van der Waals surface area contributed by atoms with Crippen LogP contribution < -0.4 is 23.7 Å². The Balaban J connectivity index is 1.50. The van der Waals surface area contributed by atoms with E-state index in [-0.39, 0.29) is 0 Å². The lowest BCUT2D eigenvalue weighted by Gasteiger charge is -2.33. The van der Waals surface area contributed by atoms with Crippen molar-refractivity contribution in [3.8, 4) is 28.7 Å². The minimum absolute atomic E-state index is 0.534. The third-order valence-corrected chi connectivity index (χ3v) is 7.06. The van der Waals surface area contributed by atoms with E-state index in [0.29, 0.717) is 46.0 Å². The topological polar surface area (TPSA) is 46.2 Å². The number of benzene rings is 5. The van der Waals surface area contributed by atoms with Crippen LogP contribution in [0.2, 0.25) is 0 Å². The monoisotopic (exact) mass is 538 g/mol. The highest BCUT2D eigenvalue weighted by Crippen LogP contribution is 2.49. The summed E-state index contributed by atoms with van der Waals surface area (Å²) >= 11 is 0. The quantitative estimate of drug-likeness (QED) is 0.217. The van der Waals surface area contributed by atoms with Gasteiger partial charge in [-0.3, -0.25) is 0 Å². The van der Waals surface area contributed by atoms with Gasteiger partial charge in [0.15, 0.2) is 46.0 Å². The zero-order chi connectivity index (χ0) is 27.6. The Hall–Kier alpha value is -5.42. The van der Waals surface area contributed by atoms with E-state index >= 15 is 0 Å². The summed E-state index contributed by atoms with van der Waals surface area (Å²) in [5.74, 6) is 5.14. The van der Waals surface area contributed by atoms with Gasteiger partial charge in [0.05, 0.1) is 7.11 Å². The Kier molecular flexibility index (Phi) is 6.38. The van der Waals surface area contributed by atoms with E-state index in [1.54, 1.807) is 7.11 Å². The molecule has 7 rings (SSSR count). The van der Waals surface area contributed by atoms with Gasteiger partial charge >= 0.3 is 0 Å². The molecule has 0 saturated heterocycles. The summed E-state index contributed by atoms with van der Waals surface area (Å²) in [6.07, 6.45) is 0. The summed E-state index contributed by atoms with van der Waals surface area (Å²) < 4.78 is 32.2. The van der Waals surface area contributed by atoms with Gasteiger partial charge in [-0.15, -0.1) is 0 Å². The van der Waals surface area contributed by atoms with Crippen molar-refractivity contribution in [2.24, 2.45) is 0 Å². The molecule has 0 aliphatic carbocycles. The maximum absolute atomic E-state index is 6.75. The van der Waals surface area contributed by atoms with E-state index in [1.165, 1.54) is 0 Å². The number of rotatable bonds is 6. The van der Waals surface area contributed by atoms with E-state index in [2.05, 4.69) is 0 Å². The molecule has 5 nitrogen and oxygen atoms in total. The summed E-state index contributed by atoms with van der Waals surface area (Å²) in [7, 11) is 1.66. The Labute approximate surface area is 238 Å². The van der Waals surface area contributed by atoms with E-state index in [9.17, 15) is 0 Å². The first kappa shape index (κ1) is 24.6. The molecular weight excluding hydrogens is 512 g/mol. The summed E-state index contributed by atoms with van der Waals surface area (Å²) in [4.78, 5) is 0. The van der Waals surface area contributed by atoms with Gasteiger partial charge in [0.1, 0.15) is 11.7 Å². The molecule has 0 fully saturated rings. The molecule has 0 aromatic heterocycles. The third kappa shape index (κ3) is 4.68. The van der Waals surface area contributed by atoms with Crippen LogP contribution >= 0.6 is 0 Å². The Morgan fingerprint density at radius 2 is 0.829 bits per heavy atom. The van der Waals surface area contributed by atoms with Crippen LogP contribution in [0.3, 0.4) is 0 Å². The second kappa shape index (κ2) is 10.6. The maximum Gasteiger partial charge on any atom is 0.174 e. The van der Waals surface area contributed by atoms with Gasteiger partial charge in [-0.25, -0.2) is 0 Å². The van der Waals surface area contributed by atoms with Crippen molar-refractivity contribution in [1.29, 1.82) is 0 Å². The summed E-state index contributed by atoms with van der Waals surface area (Å²) in [5.41, 5.74) is 2.69. The predicted octanol–water partition coefficient (Wildman–Crippen LogP) is 8.46. The molecule has 5 aromatic carbocycles. The first-order valence-corrected chi connectivity index (χ1v) is 13.4. The number of hydrogen-bond acceptors (Lipinski definition) is 5. The van der Waals surface area contributed by atoms with Crippen molar-refractivity contribution in [2.75, 3.05) is 7.11 Å². The van der Waals surface area contributed by atoms with Gasteiger partial charge in [-0.05, 0) is 42.0 Å². The first-order valence-electron chi connectivity index (χ1n) is 13.4. The standard InChI is InChI=1S/C36H26O5/c1-37-27-22-20-24(21-23-27)32(35-33(25-12-4-2-5-13-25)38-28-16-8-10-18-30(28)40-35)36-34(26-14-6-3-7-15-26)39-29-17-9-11-19-31(29)41-36/h2-23,32H,1H3. The SMILES string of the molecule is COc1ccc(C(C2=C(c3ccccc3)Oc3ccccc3O2)C2=C(c3ccccc3)Oc3ccccc3O2)cc1. The van der Waals surface area contributed by atoms with Crippen molar-refractivity contribution in [1.82, 2.24) is 0 Å². The molecule has 0 radical (unpaired) electrons. The lowest BCUT2D eigenvalue weighted by Crippen LogP contribution is -2.24. The van der Waals surface area contributed by atoms with E-state index < -0.39 is 5.92 Å². The molecule has 0 atom stereocenters. The first-order chi connectivity index (χ1) is 20.3. The van der Waals surface area contributed by atoms with Gasteiger partial charge in [0, 0.05) is 11.1 Å². The summed E-state index contributed by atoms with van der Waals surface area (Å²) in [6, 6.07) is 43.2. The molecule has 0 amide bonds. The number of hydrogen-bond donors (Lipinski definition) is 0. The minimum atomic E-state index is -0.534. The zero-order valence-electron chi connectivity index (χ0n) is 22.3. The van der Waals surface area contributed by atoms with E-state index in [0.717, 1.165) is 22.4 Å². The van der Waals surface area contributed by atoms with Crippen LogP contribution in [0.15, 0.2) is 145 Å². The predicted molar refractivity (Wildman–Crippen MR) is 158 cm³/mol. The second-order valence-corrected chi connectivity index (χ2v) is 9.63. The summed E-state index contributed by atoms with van der Waals surface area (Å²) in [6.45, 7) is 0. The van der Waals surface area contributed by atoms with Gasteiger partial charge < -0.3 is 23.7 Å². The largest absolute Gasteiger partial charge is 0.497 e. The Bertz CT molecular complexity index is 1650. The highest BCUT2D eigenvalue weighted by Gasteiger charge is 2.38. The van der Waals surface area contributed by atoms with Crippen LogP contribution in [0.1, 0.15) is 22.6 Å². The molecule has 5 aromatic rings. The molecule has 0 N–H and O–H groups in total. The van der Waals surface area contributed by atoms with Crippen molar-refractivity contribution in [3.63, 3.8) is 0 Å². The normalized spacial score (nSPS) is 13.8. The highest BCUT2D eigenvalue weighted by molar-refractivity contribution is 5.74. The Morgan fingerprint density at radius 1 is 0.439 bits per heavy atom. The van der Waals surface area contributed by atoms with Crippen molar-refractivity contribution >= 4 is 11.5 Å². The van der Waals surface area contributed by atoms with Gasteiger partial charge in [-0.1, -0.05) is 97.1 Å². The van der Waals surface area contributed by atoms with Crippen molar-refractivity contribution in [3.05, 3.63) is 162 Å². The van der Waals surface area contributed by atoms with Crippen LogP contribution in [0.5, 0.6) is 28.7 Å². The van der Waals surface area contributed by atoms with E-state index in [4.69, 9.17) is 23.7 Å². The van der Waals surface area contributed by atoms with Crippen LogP contribution in [0.25, 0.3) is 11.5 Å². The molecule has 2 aliphatic rings. The second-order valence-electron chi connectivity index (χ2n) is 9.63. The third-order valence-electron chi connectivity index (χ3n) is 7.06. The van der Waals surface area contributed by atoms with Crippen LogP contribution in [0, 0.1) is 0 Å². The molecule has 0 spiro atoms. The highest BCUT2D eigenvalue weighted by atomic mass is 16.6. The fourth-order valence-electron chi connectivity index (χ4n) is 5.07. The molecule has 41 heavy (non-hydrogen) atoms. The van der Waals surface area contributed by atoms with Gasteiger partial charge in [-0.2, -0.15) is 0 Å². The number of ether oxygens (including phenoxy) is 5. The maximum atomic E-state index is 6.75. The number of methoxy groups -OCH3 is 1. The number of para-hydroxylation sites is 4. The van der Waals surface area contributed by atoms with Crippen LogP contribution in [-0.2, 0) is 0 Å². The smallest absolute Gasteiger partial charge is 0.174 e. The van der Waals surface area contributed by atoms with Gasteiger partial charge in [0.2, 0.25) is 0 Å². The lowest BCUT2D eigenvalue weighted by atomic mass is 9.90. The zero-order valence-corrected chi connectivity index (χ0v) is 22.3. The lowest BCUT2D eigenvalue weighted by molar-refractivity contribution is 0.280. The van der Waals surface area contributed by atoms with Gasteiger partial charge in [0.25, 0.3) is 0 Å². The van der Waals surface area contributed by atoms with E-state index in [1.807, 2.05) is 133 Å². The molecule has 2 aliphatic heterocycles. The fourth-order valence-corrected chi connectivity index (χ4v) is 5.07. The number of fused-ring (bicyclic) bond motifs is 2. The molecule has 5 heteroatoms. The van der Waals surface area contributed by atoms with Crippen molar-refractivity contribution in [2.45, 2.75) is 5.92 Å². The van der Waals surface area contributed by atoms with Crippen LogP contribution in [-0.4, -0.2) is 7.11 Å². The molecule has 2 heterocycles. The summed E-state index contributed by atoms with van der Waals surface area (Å²) in [5, 5.41) is 0. The molecule has 200 valence electrons. The molecular formula is C36H26O5.